The van der Waals surface area contributed by atoms with E-state index in [1.165, 1.54) is 19.3 Å². The Morgan fingerprint density at radius 3 is 3.00 bits per heavy atom. The van der Waals surface area contributed by atoms with Crippen molar-refractivity contribution in [2.75, 3.05) is 12.8 Å². The molecule has 1 aromatic heterocycles. The number of anilines is 1. The van der Waals surface area contributed by atoms with Crippen LogP contribution in [0.5, 0.6) is 0 Å². The smallest absolute Gasteiger partial charge is 0.0964 e. The first kappa shape index (κ1) is 11.7. The first-order chi connectivity index (χ1) is 7.78. The Labute approximate surface area is 101 Å². The maximum atomic E-state index is 5.61. The van der Waals surface area contributed by atoms with Gasteiger partial charge in [-0.2, -0.15) is 0 Å². The predicted octanol–water partition coefficient (Wildman–Crippen LogP) is 2.71. The number of nitrogens with two attached hydrogens (primary N) is 1. The van der Waals surface area contributed by atoms with Gasteiger partial charge in [-0.15, -0.1) is 11.8 Å². The number of hydrogen-bond acceptors (Lipinski definition) is 4. The van der Waals surface area contributed by atoms with Crippen LogP contribution >= 0.6 is 11.8 Å². The molecule has 88 valence electrons. The van der Waals surface area contributed by atoms with Crippen molar-refractivity contribution in [3.63, 3.8) is 0 Å². The SMILES string of the molecule is COC1CCCC(Sc2ccc(N)cn2)C1. The van der Waals surface area contributed by atoms with Gasteiger partial charge >= 0.3 is 0 Å². The molecule has 1 aliphatic rings. The van der Waals surface area contributed by atoms with Gasteiger partial charge in [0.25, 0.3) is 0 Å². The molecule has 0 bridgehead atoms. The van der Waals surface area contributed by atoms with E-state index in [2.05, 4.69) is 4.98 Å². The van der Waals surface area contributed by atoms with Crippen LogP contribution in [0.25, 0.3) is 0 Å². The van der Waals surface area contributed by atoms with Crippen molar-refractivity contribution < 1.29 is 4.74 Å². The van der Waals surface area contributed by atoms with Crippen molar-refractivity contribution >= 4 is 17.4 Å². The molecule has 2 unspecified atom stereocenters. The van der Waals surface area contributed by atoms with Gasteiger partial charge < -0.3 is 10.5 Å². The standard InChI is InChI=1S/C12H18N2OS/c1-15-10-3-2-4-11(7-10)16-12-6-5-9(13)8-14-12/h5-6,8,10-11H,2-4,7,13H2,1H3. The largest absolute Gasteiger partial charge is 0.397 e. The number of aromatic nitrogens is 1. The Balaban J connectivity index is 1.91. The summed E-state index contributed by atoms with van der Waals surface area (Å²) in [5.41, 5.74) is 6.34. The summed E-state index contributed by atoms with van der Waals surface area (Å²) >= 11 is 1.85. The van der Waals surface area contributed by atoms with E-state index in [0.29, 0.717) is 11.4 Å². The van der Waals surface area contributed by atoms with Crippen LogP contribution in [0.4, 0.5) is 5.69 Å². The number of pyridine rings is 1. The van der Waals surface area contributed by atoms with Crippen LogP contribution in [0.15, 0.2) is 23.4 Å². The second-order valence-electron chi connectivity index (χ2n) is 4.19. The fourth-order valence-corrected chi connectivity index (χ4v) is 3.25. The monoisotopic (exact) mass is 238 g/mol. The summed E-state index contributed by atoms with van der Waals surface area (Å²) < 4.78 is 5.42. The van der Waals surface area contributed by atoms with Crippen molar-refractivity contribution in [2.24, 2.45) is 0 Å². The molecule has 2 rings (SSSR count). The molecular formula is C12H18N2OS. The van der Waals surface area contributed by atoms with Gasteiger partial charge in [-0.1, -0.05) is 0 Å². The molecule has 16 heavy (non-hydrogen) atoms. The summed E-state index contributed by atoms with van der Waals surface area (Å²) in [6.07, 6.45) is 7.00. The predicted molar refractivity (Wildman–Crippen MR) is 67.6 cm³/mol. The van der Waals surface area contributed by atoms with Gasteiger partial charge in [0.15, 0.2) is 0 Å². The highest BCUT2D eigenvalue weighted by Crippen LogP contribution is 2.33. The van der Waals surface area contributed by atoms with E-state index in [0.717, 1.165) is 17.1 Å². The van der Waals surface area contributed by atoms with Gasteiger partial charge in [0.05, 0.1) is 23.0 Å². The average Bonchev–Trinajstić information content (AvgIpc) is 2.32. The van der Waals surface area contributed by atoms with E-state index in [-0.39, 0.29) is 0 Å². The number of ether oxygens (including phenoxy) is 1. The normalized spacial score (nSPS) is 25.6. The third-order valence-corrected chi connectivity index (χ3v) is 4.20. The molecule has 1 aliphatic carbocycles. The third kappa shape index (κ3) is 3.12. The molecule has 0 aromatic carbocycles. The maximum Gasteiger partial charge on any atom is 0.0964 e. The molecule has 0 spiro atoms. The van der Waals surface area contributed by atoms with Gasteiger partial charge in [-0.3, -0.25) is 0 Å². The van der Waals surface area contributed by atoms with E-state index >= 15 is 0 Å². The van der Waals surface area contributed by atoms with E-state index in [9.17, 15) is 0 Å². The Kier molecular flexibility index (Phi) is 4.07. The van der Waals surface area contributed by atoms with Crippen LogP contribution in [-0.4, -0.2) is 23.4 Å². The minimum absolute atomic E-state index is 0.431. The maximum absolute atomic E-state index is 5.61. The second kappa shape index (κ2) is 5.55. The van der Waals surface area contributed by atoms with Gasteiger partial charge in [0, 0.05) is 12.4 Å². The van der Waals surface area contributed by atoms with Gasteiger partial charge in [-0.25, -0.2) is 4.98 Å². The molecule has 1 saturated carbocycles. The summed E-state index contributed by atoms with van der Waals surface area (Å²) in [7, 11) is 1.80. The van der Waals surface area contributed by atoms with Crippen LogP contribution in [-0.2, 0) is 4.74 Å². The molecule has 2 atom stereocenters. The van der Waals surface area contributed by atoms with Crippen molar-refractivity contribution in [1.29, 1.82) is 0 Å². The first-order valence-electron chi connectivity index (χ1n) is 5.69. The molecule has 1 fully saturated rings. The van der Waals surface area contributed by atoms with Gasteiger partial charge in [-0.05, 0) is 37.8 Å². The quantitative estimate of drug-likeness (QED) is 0.879. The number of rotatable bonds is 3. The topological polar surface area (TPSA) is 48.1 Å². The second-order valence-corrected chi connectivity index (χ2v) is 5.51. The zero-order valence-corrected chi connectivity index (χ0v) is 10.4. The number of nitrogen functional groups attached to an aromatic ring is 1. The van der Waals surface area contributed by atoms with Crippen molar-refractivity contribution in [1.82, 2.24) is 4.98 Å². The number of thioether (sulfide) groups is 1. The first-order valence-corrected chi connectivity index (χ1v) is 6.57. The lowest BCUT2D eigenvalue weighted by Gasteiger charge is -2.27. The summed E-state index contributed by atoms with van der Waals surface area (Å²) in [4.78, 5) is 4.32. The lowest BCUT2D eigenvalue weighted by molar-refractivity contribution is 0.0730. The van der Waals surface area contributed by atoms with E-state index in [4.69, 9.17) is 10.5 Å². The van der Waals surface area contributed by atoms with E-state index in [1.807, 2.05) is 23.9 Å². The molecule has 1 aromatic rings. The molecule has 4 heteroatoms. The van der Waals surface area contributed by atoms with Crippen LogP contribution in [0, 0.1) is 0 Å². The minimum Gasteiger partial charge on any atom is -0.397 e. The lowest BCUT2D eigenvalue weighted by Crippen LogP contribution is -2.23. The molecular weight excluding hydrogens is 220 g/mol. The molecule has 1 heterocycles. The molecule has 0 saturated heterocycles. The highest BCUT2D eigenvalue weighted by Gasteiger charge is 2.22. The molecule has 0 amide bonds. The average molecular weight is 238 g/mol. The summed E-state index contributed by atoms with van der Waals surface area (Å²) in [6.45, 7) is 0. The molecule has 3 nitrogen and oxygen atoms in total. The number of nitrogens with zero attached hydrogens (tertiary/aromatic N) is 1. The zero-order valence-electron chi connectivity index (χ0n) is 9.56. The Bertz CT molecular complexity index is 328. The Morgan fingerprint density at radius 2 is 2.31 bits per heavy atom. The van der Waals surface area contributed by atoms with Gasteiger partial charge in [0.1, 0.15) is 0 Å². The summed E-state index contributed by atoms with van der Waals surface area (Å²) in [5.74, 6) is 0. The van der Waals surface area contributed by atoms with Crippen molar-refractivity contribution in [2.45, 2.75) is 42.1 Å². The Hall–Kier alpha value is -0.740. The Morgan fingerprint density at radius 1 is 1.44 bits per heavy atom. The van der Waals surface area contributed by atoms with Gasteiger partial charge in [0.2, 0.25) is 0 Å². The minimum atomic E-state index is 0.431. The lowest BCUT2D eigenvalue weighted by atomic mass is 9.97. The van der Waals surface area contributed by atoms with E-state index < -0.39 is 0 Å². The summed E-state index contributed by atoms with van der Waals surface area (Å²) in [6, 6.07) is 3.91. The van der Waals surface area contributed by atoms with Crippen molar-refractivity contribution in [3.8, 4) is 0 Å². The highest BCUT2D eigenvalue weighted by atomic mass is 32.2. The summed E-state index contributed by atoms with van der Waals surface area (Å²) in [5, 5.41) is 1.70. The molecule has 2 N–H and O–H groups in total. The zero-order chi connectivity index (χ0) is 11.4. The fourth-order valence-electron chi connectivity index (χ4n) is 2.06. The van der Waals surface area contributed by atoms with E-state index in [1.54, 1.807) is 13.3 Å². The fraction of sp³-hybridized carbons (Fsp3) is 0.583. The van der Waals surface area contributed by atoms with Crippen molar-refractivity contribution in [3.05, 3.63) is 18.3 Å². The van der Waals surface area contributed by atoms with Crippen LogP contribution in [0.2, 0.25) is 0 Å². The van der Waals surface area contributed by atoms with Crippen LogP contribution in [0.3, 0.4) is 0 Å². The third-order valence-electron chi connectivity index (χ3n) is 2.96. The molecule has 0 aliphatic heterocycles. The van der Waals surface area contributed by atoms with Crippen LogP contribution in [0.1, 0.15) is 25.7 Å². The number of methoxy groups -OCH3 is 1. The van der Waals surface area contributed by atoms with Crippen LogP contribution < -0.4 is 5.73 Å². The number of hydrogen-bond donors (Lipinski definition) is 1. The highest BCUT2D eigenvalue weighted by molar-refractivity contribution is 7.99. The molecule has 0 radical (unpaired) electrons.